The Morgan fingerprint density at radius 3 is 1.23 bits per heavy atom. The maximum absolute atomic E-state index is 13.3. The van der Waals surface area contributed by atoms with Crippen LogP contribution >= 0.6 is 0 Å². The molecule has 1 amide bonds. The third-order valence-corrected chi connectivity index (χ3v) is 16.3. The molecule has 0 aromatic heterocycles. The summed E-state index contributed by atoms with van der Waals surface area (Å²) in [6.07, 6.45) is 21.8. The Hall–Kier alpha value is -1.73. The number of aliphatic hydroxyl groups excluding tert-OH is 11. The van der Waals surface area contributed by atoms with Crippen LogP contribution in [-0.2, 0) is 33.2 Å². The number of amides is 1. The van der Waals surface area contributed by atoms with E-state index in [1.807, 2.05) is 6.08 Å². The van der Waals surface area contributed by atoms with Gasteiger partial charge in [-0.2, -0.15) is 0 Å². The highest BCUT2D eigenvalue weighted by molar-refractivity contribution is 5.76. The third kappa shape index (κ3) is 29.0. The number of aliphatic hydroxyl groups is 11. The molecule has 0 radical (unpaired) electrons. The first-order valence-corrected chi connectivity index (χ1v) is 32.1. The summed E-state index contributed by atoms with van der Waals surface area (Å²) in [6, 6.07) is -0.985. The van der Waals surface area contributed by atoms with Crippen molar-refractivity contribution in [1.82, 2.24) is 5.32 Å². The second-order valence-electron chi connectivity index (χ2n) is 23.2. The SMILES string of the molecule is CCCCCCCCCCCCCCCCCCCCC/C=C/CC/C=C/C(O)C(COC1OC(CO)C(OC2OC(CO)C(OC3OC(CO)C(O)C(O)C3O)C(O)C2O)C(O)C1O)NC(=O)CCCCCCCCCCCCC. The Morgan fingerprint density at radius 1 is 0.432 bits per heavy atom. The quantitative estimate of drug-likeness (QED) is 0.0222. The molecule has 12 N–H and O–H groups in total. The first-order chi connectivity index (χ1) is 39.3. The molecule has 0 spiro atoms. The van der Waals surface area contributed by atoms with E-state index in [2.05, 4.69) is 31.3 Å². The number of hydrogen-bond donors (Lipinski definition) is 12. The number of hydrogen-bond acceptors (Lipinski definition) is 18. The molecule has 3 saturated heterocycles. The van der Waals surface area contributed by atoms with E-state index >= 15 is 0 Å². The smallest absolute Gasteiger partial charge is 0.220 e. The Morgan fingerprint density at radius 2 is 0.790 bits per heavy atom. The summed E-state index contributed by atoms with van der Waals surface area (Å²) in [6.45, 7) is 1.70. The van der Waals surface area contributed by atoms with E-state index in [0.717, 1.165) is 38.5 Å². The summed E-state index contributed by atoms with van der Waals surface area (Å²) in [7, 11) is 0. The predicted octanol–water partition coefficient (Wildman–Crippen LogP) is 6.71. The van der Waals surface area contributed by atoms with Crippen molar-refractivity contribution < 1.29 is 89.4 Å². The molecule has 19 heteroatoms. The van der Waals surface area contributed by atoms with E-state index in [1.54, 1.807) is 6.08 Å². The van der Waals surface area contributed by atoms with Crippen LogP contribution in [0, 0.1) is 0 Å². The highest BCUT2D eigenvalue weighted by atomic mass is 16.8. The van der Waals surface area contributed by atoms with Crippen LogP contribution in [-0.4, -0.2) is 193 Å². The monoisotopic (exact) mass is 1160 g/mol. The second-order valence-corrected chi connectivity index (χ2v) is 23.2. The van der Waals surface area contributed by atoms with Gasteiger partial charge in [0.25, 0.3) is 0 Å². The van der Waals surface area contributed by atoms with Gasteiger partial charge in [-0.05, 0) is 32.1 Å². The van der Waals surface area contributed by atoms with Crippen LogP contribution < -0.4 is 5.32 Å². The fourth-order valence-corrected chi connectivity index (χ4v) is 11.0. The summed E-state index contributed by atoms with van der Waals surface area (Å²) in [4.78, 5) is 13.3. The van der Waals surface area contributed by atoms with Crippen LogP contribution in [0.5, 0.6) is 0 Å². The van der Waals surface area contributed by atoms with E-state index in [9.17, 15) is 61.0 Å². The van der Waals surface area contributed by atoms with Crippen LogP contribution in [0.4, 0.5) is 0 Å². The number of nitrogens with one attached hydrogen (secondary N) is 1. The van der Waals surface area contributed by atoms with E-state index in [-0.39, 0.29) is 18.9 Å². The highest BCUT2D eigenvalue weighted by Crippen LogP contribution is 2.33. The Bertz CT molecular complexity index is 1580. The molecule has 3 aliphatic rings. The normalized spacial score (nSPS) is 29.9. The average Bonchev–Trinajstić information content (AvgIpc) is 3.51. The van der Waals surface area contributed by atoms with Crippen LogP contribution in [0.25, 0.3) is 0 Å². The Balaban J connectivity index is 1.45. The minimum absolute atomic E-state index is 0.239. The zero-order valence-electron chi connectivity index (χ0n) is 49.8. The predicted molar refractivity (Wildman–Crippen MR) is 310 cm³/mol. The number of ether oxygens (including phenoxy) is 6. The molecule has 81 heavy (non-hydrogen) atoms. The minimum atomic E-state index is -1.98. The Kier molecular flexibility index (Phi) is 41.4. The lowest BCUT2D eigenvalue weighted by atomic mass is 9.96. The first kappa shape index (κ1) is 73.5. The van der Waals surface area contributed by atoms with Crippen molar-refractivity contribution in [2.45, 2.75) is 336 Å². The summed E-state index contributed by atoms with van der Waals surface area (Å²) in [5, 5.41) is 120. The Labute approximate surface area is 486 Å². The van der Waals surface area contributed by atoms with Crippen molar-refractivity contribution in [1.29, 1.82) is 0 Å². The number of unbranched alkanes of at least 4 members (excludes halogenated alkanes) is 30. The molecule has 17 atom stereocenters. The average molecular weight is 1160 g/mol. The highest BCUT2D eigenvalue weighted by Gasteiger charge is 2.53. The molecule has 0 aromatic rings. The van der Waals surface area contributed by atoms with Gasteiger partial charge in [-0.3, -0.25) is 4.79 Å². The van der Waals surface area contributed by atoms with Gasteiger partial charge in [0, 0.05) is 6.42 Å². The van der Waals surface area contributed by atoms with Crippen molar-refractivity contribution in [3.8, 4) is 0 Å². The zero-order valence-corrected chi connectivity index (χ0v) is 49.8. The molecule has 17 unspecified atom stereocenters. The topological polar surface area (TPSA) is 307 Å². The lowest BCUT2D eigenvalue weighted by Crippen LogP contribution is -2.66. The van der Waals surface area contributed by atoms with Gasteiger partial charge in [0.15, 0.2) is 18.9 Å². The van der Waals surface area contributed by atoms with Crippen molar-refractivity contribution in [3.63, 3.8) is 0 Å². The van der Waals surface area contributed by atoms with Crippen molar-refractivity contribution >= 4 is 5.91 Å². The minimum Gasteiger partial charge on any atom is -0.394 e. The van der Waals surface area contributed by atoms with Gasteiger partial charge in [-0.15, -0.1) is 0 Å². The fourth-order valence-electron chi connectivity index (χ4n) is 11.0. The maximum Gasteiger partial charge on any atom is 0.220 e. The van der Waals surface area contributed by atoms with Gasteiger partial charge in [0.05, 0.1) is 38.6 Å². The van der Waals surface area contributed by atoms with Crippen molar-refractivity contribution in [3.05, 3.63) is 24.3 Å². The van der Waals surface area contributed by atoms with Gasteiger partial charge in [0.1, 0.15) is 73.2 Å². The number of allylic oxidation sites excluding steroid dienone is 3. The molecule has 3 rings (SSSR count). The van der Waals surface area contributed by atoms with Gasteiger partial charge in [-0.25, -0.2) is 0 Å². The maximum atomic E-state index is 13.3. The lowest BCUT2D eigenvalue weighted by molar-refractivity contribution is -0.379. The molecule has 0 saturated carbocycles. The molecular formula is C62H115NO18. The van der Waals surface area contributed by atoms with Crippen LogP contribution in [0.2, 0.25) is 0 Å². The lowest BCUT2D eigenvalue weighted by Gasteiger charge is -2.48. The third-order valence-electron chi connectivity index (χ3n) is 16.3. The fraction of sp³-hybridized carbons (Fsp3) is 0.919. The second kappa shape index (κ2) is 45.6. The van der Waals surface area contributed by atoms with Gasteiger partial charge >= 0.3 is 0 Å². The first-order valence-electron chi connectivity index (χ1n) is 32.1. The molecule has 0 bridgehead atoms. The molecule has 3 aliphatic heterocycles. The largest absolute Gasteiger partial charge is 0.394 e. The molecule has 19 nitrogen and oxygen atoms in total. The zero-order chi connectivity index (χ0) is 59.0. The molecular weight excluding hydrogens is 1050 g/mol. The van der Waals surface area contributed by atoms with Gasteiger partial charge in [0.2, 0.25) is 5.91 Å². The summed E-state index contributed by atoms with van der Waals surface area (Å²) >= 11 is 0. The van der Waals surface area contributed by atoms with E-state index < -0.39 is 124 Å². The van der Waals surface area contributed by atoms with E-state index in [4.69, 9.17) is 28.4 Å². The molecule has 476 valence electrons. The summed E-state index contributed by atoms with van der Waals surface area (Å²) < 4.78 is 34.2. The van der Waals surface area contributed by atoms with Crippen molar-refractivity contribution in [2.75, 3.05) is 26.4 Å². The van der Waals surface area contributed by atoms with Gasteiger partial charge in [-0.1, -0.05) is 218 Å². The summed E-state index contributed by atoms with van der Waals surface area (Å²) in [5.41, 5.74) is 0. The summed E-state index contributed by atoms with van der Waals surface area (Å²) in [5.74, 6) is -0.285. The molecule has 3 heterocycles. The van der Waals surface area contributed by atoms with E-state index in [1.165, 1.54) is 161 Å². The number of carbonyl (C=O) groups excluding carboxylic acids is 1. The molecule has 3 fully saturated rings. The number of rotatable bonds is 48. The van der Waals surface area contributed by atoms with Crippen molar-refractivity contribution in [2.24, 2.45) is 0 Å². The molecule has 0 aliphatic carbocycles. The van der Waals surface area contributed by atoms with Gasteiger partial charge < -0.3 is 89.9 Å². The number of carbonyl (C=O) groups is 1. The molecule has 0 aromatic carbocycles. The van der Waals surface area contributed by atoms with Crippen LogP contribution in [0.1, 0.15) is 232 Å². The van der Waals surface area contributed by atoms with Crippen LogP contribution in [0.3, 0.4) is 0 Å². The van der Waals surface area contributed by atoms with Crippen LogP contribution in [0.15, 0.2) is 24.3 Å². The van der Waals surface area contributed by atoms with E-state index in [0.29, 0.717) is 12.8 Å². The standard InChI is InChI=1S/C62H115NO18/c1-3-5-7-9-11-13-15-16-17-18-19-20-21-22-23-24-25-26-27-28-30-31-33-35-37-39-46(67)45(63-50(68)40-38-36-34-32-29-14-12-10-8-6-4-2)44-76-60-56(74)53(71)58(48(42-65)78-60)81-62-57(75)54(72)59(49(43-66)79-62)80-61-55(73)52(70)51(69)47(41-64)77-61/h30-31,37,39,45-49,51-62,64-67,69-75H,3-29,32-36,38,40-44H2,1-2H3,(H,63,68)/b31-30+,39-37+.